The second-order valence-corrected chi connectivity index (χ2v) is 5.16. The van der Waals surface area contributed by atoms with Crippen LogP contribution in [-0.2, 0) is 5.60 Å². The minimum absolute atomic E-state index is 0.574. The van der Waals surface area contributed by atoms with Crippen molar-refractivity contribution in [2.45, 2.75) is 25.4 Å². The third-order valence-corrected chi connectivity index (χ3v) is 4.03. The average Bonchev–Trinajstić information content (AvgIpc) is 2.19. The molecule has 1 heterocycles. The fourth-order valence-corrected chi connectivity index (χ4v) is 3.08. The molecule has 1 aliphatic heterocycles. The molecule has 0 radical (unpaired) electrons. The molecule has 0 unspecified atom stereocenters. The van der Waals surface area contributed by atoms with E-state index in [-0.39, 0.29) is 0 Å². The summed E-state index contributed by atoms with van der Waals surface area (Å²) in [6.07, 6.45) is 2.03. The van der Waals surface area contributed by atoms with E-state index in [1.807, 2.05) is 23.9 Å². The van der Waals surface area contributed by atoms with Gasteiger partial charge in [0.15, 0.2) is 0 Å². The molecule has 1 aromatic rings. The van der Waals surface area contributed by atoms with Crippen LogP contribution in [0.25, 0.3) is 0 Å². The third kappa shape index (κ3) is 1.96. The van der Waals surface area contributed by atoms with E-state index >= 15 is 0 Å². The molecule has 0 aliphatic carbocycles. The first-order chi connectivity index (χ1) is 6.71. The Balaban J connectivity index is 2.28. The summed E-state index contributed by atoms with van der Waals surface area (Å²) in [5.74, 6) is 2.03. The lowest BCUT2D eigenvalue weighted by Gasteiger charge is -2.32. The lowest BCUT2D eigenvalue weighted by molar-refractivity contribution is 0.0495. The van der Waals surface area contributed by atoms with Gasteiger partial charge in [0.1, 0.15) is 0 Å². The monoisotopic (exact) mass is 208 g/mol. The maximum Gasteiger partial charge on any atom is 0.0986 e. The molecular weight excluding hydrogens is 192 g/mol. The quantitative estimate of drug-likeness (QED) is 0.765. The summed E-state index contributed by atoms with van der Waals surface area (Å²) in [7, 11) is 0. The van der Waals surface area contributed by atoms with Gasteiger partial charge in [-0.15, -0.1) is 0 Å². The summed E-state index contributed by atoms with van der Waals surface area (Å²) in [5, 5.41) is 10.4. The van der Waals surface area contributed by atoms with Crippen molar-refractivity contribution in [1.29, 1.82) is 0 Å². The Morgan fingerprint density at radius 1 is 1.43 bits per heavy atom. The summed E-state index contributed by atoms with van der Waals surface area (Å²) in [6, 6.07) is 8.25. The third-order valence-electron chi connectivity index (χ3n) is 2.78. The smallest absolute Gasteiger partial charge is 0.0986 e. The lowest BCUT2D eigenvalue weighted by atomic mass is 9.90. The zero-order valence-electron chi connectivity index (χ0n) is 8.49. The van der Waals surface area contributed by atoms with Crippen LogP contribution in [0.5, 0.6) is 0 Å². The van der Waals surface area contributed by atoms with Crippen LogP contribution in [0.2, 0.25) is 0 Å². The molecule has 0 bridgehead atoms. The normalized spacial score (nSPS) is 27.6. The molecule has 1 aliphatic rings. The Morgan fingerprint density at radius 3 is 2.93 bits per heavy atom. The van der Waals surface area contributed by atoms with Gasteiger partial charge in [-0.1, -0.05) is 29.8 Å². The van der Waals surface area contributed by atoms with Gasteiger partial charge < -0.3 is 5.11 Å². The highest BCUT2D eigenvalue weighted by Crippen LogP contribution is 2.35. The number of rotatable bonds is 1. The van der Waals surface area contributed by atoms with Crippen molar-refractivity contribution in [3.8, 4) is 0 Å². The minimum atomic E-state index is -0.574. The summed E-state index contributed by atoms with van der Waals surface area (Å²) in [6.45, 7) is 2.07. The van der Waals surface area contributed by atoms with Crippen molar-refractivity contribution in [3.63, 3.8) is 0 Å². The number of hydrogen-bond acceptors (Lipinski definition) is 2. The first-order valence-corrected chi connectivity index (χ1v) is 6.23. The van der Waals surface area contributed by atoms with E-state index in [0.717, 1.165) is 24.2 Å². The molecule has 1 nitrogen and oxygen atoms in total. The van der Waals surface area contributed by atoms with Crippen LogP contribution in [0.15, 0.2) is 24.3 Å². The van der Waals surface area contributed by atoms with E-state index < -0.39 is 5.60 Å². The van der Waals surface area contributed by atoms with Crippen LogP contribution < -0.4 is 0 Å². The van der Waals surface area contributed by atoms with Crippen molar-refractivity contribution in [1.82, 2.24) is 0 Å². The predicted molar refractivity (Wildman–Crippen MR) is 61.6 cm³/mol. The van der Waals surface area contributed by atoms with Gasteiger partial charge in [-0.25, -0.2) is 0 Å². The van der Waals surface area contributed by atoms with Gasteiger partial charge in [0.05, 0.1) is 5.60 Å². The Morgan fingerprint density at radius 2 is 2.29 bits per heavy atom. The SMILES string of the molecule is Cc1cccc([C@]2(O)CCCSC2)c1. The van der Waals surface area contributed by atoms with Gasteiger partial charge in [0.2, 0.25) is 0 Å². The van der Waals surface area contributed by atoms with Crippen LogP contribution in [0.3, 0.4) is 0 Å². The zero-order valence-corrected chi connectivity index (χ0v) is 9.31. The summed E-state index contributed by atoms with van der Waals surface area (Å²) in [4.78, 5) is 0. The Bertz CT molecular complexity index is 316. The molecular formula is C12H16OS. The van der Waals surface area contributed by atoms with Gasteiger partial charge in [0, 0.05) is 5.75 Å². The number of aryl methyl sites for hydroxylation is 1. The molecule has 0 spiro atoms. The number of thioether (sulfide) groups is 1. The number of hydrogen-bond donors (Lipinski definition) is 1. The number of benzene rings is 1. The highest BCUT2D eigenvalue weighted by Gasteiger charge is 2.31. The van der Waals surface area contributed by atoms with E-state index in [1.54, 1.807) is 0 Å². The molecule has 1 N–H and O–H groups in total. The summed E-state index contributed by atoms with van der Waals surface area (Å²) >= 11 is 1.85. The van der Waals surface area contributed by atoms with Crippen LogP contribution >= 0.6 is 11.8 Å². The Labute approximate surface area is 89.5 Å². The standard InChI is InChI=1S/C12H16OS/c1-10-4-2-5-11(8-10)12(13)6-3-7-14-9-12/h2,4-5,8,13H,3,6-7,9H2,1H3/t12-/m0/s1. The first-order valence-electron chi connectivity index (χ1n) is 5.08. The second kappa shape index (κ2) is 3.95. The van der Waals surface area contributed by atoms with Crippen LogP contribution in [0, 0.1) is 6.92 Å². The number of aliphatic hydroxyl groups is 1. The van der Waals surface area contributed by atoms with Crippen molar-refractivity contribution >= 4 is 11.8 Å². The maximum absolute atomic E-state index is 10.4. The Kier molecular flexibility index (Phi) is 2.84. The largest absolute Gasteiger partial charge is 0.384 e. The van der Waals surface area contributed by atoms with Crippen LogP contribution in [0.4, 0.5) is 0 Å². The molecule has 2 rings (SSSR count). The second-order valence-electron chi connectivity index (χ2n) is 4.06. The van der Waals surface area contributed by atoms with Crippen LogP contribution in [-0.4, -0.2) is 16.6 Å². The van der Waals surface area contributed by atoms with E-state index in [9.17, 15) is 5.11 Å². The Hall–Kier alpha value is -0.470. The van der Waals surface area contributed by atoms with E-state index in [1.165, 1.54) is 11.3 Å². The average molecular weight is 208 g/mol. The highest BCUT2D eigenvalue weighted by molar-refractivity contribution is 7.99. The van der Waals surface area contributed by atoms with Gasteiger partial charge >= 0.3 is 0 Å². The topological polar surface area (TPSA) is 20.2 Å². The van der Waals surface area contributed by atoms with E-state index in [0.29, 0.717) is 0 Å². The van der Waals surface area contributed by atoms with Crippen molar-refractivity contribution in [2.24, 2.45) is 0 Å². The fraction of sp³-hybridized carbons (Fsp3) is 0.500. The van der Waals surface area contributed by atoms with Gasteiger partial charge in [0.25, 0.3) is 0 Å². The van der Waals surface area contributed by atoms with Crippen molar-refractivity contribution in [3.05, 3.63) is 35.4 Å². The molecule has 0 saturated carbocycles. The molecule has 0 amide bonds. The summed E-state index contributed by atoms with van der Waals surface area (Å²) in [5.41, 5.74) is 1.74. The molecule has 76 valence electrons. The molecule has 1 aromatic carbocycles. The first kappa shape index (κ1) is 10.1. The molecule has 1 saturated heterocycles. The molecule has 1 atom stereocenters. The lowest BCUT2D eigenvalue weighted by Crippen LogP contribution is -2.31. The van der Waals surface area contributed by atoms with Gasteiger partial charge in [-0.3, -0.25) is 0 Å². The fourth-order valence-electron chi connectivity index (χ4n) is 1.94. The maximum atomic E-state index is 10.4. The molecule has 14 heavy (non-hydrogen) atoms. The van der Waals surface area contributed by atoms with Crippen LogP contribution in [0.1, 0.15) is 24.0 Å². The van der Waals surface area contributed by atoms with E-state index in [4.69, 9.17) is 0 Å². The molecule has 2 heteroatoms. The van der Waals surface area contributed by atoms with Gasteiger partial charge in [-0.2, -0.15) is 11.8 Å². The summed E-state index contributed by atoms with van der Waals surface area (Å²) < 4.78 is 0. The van der Waals surface area contributed by atoms with Crippen molar-refractivity contribution < 1.29 is 5.11 Å². The minimum Gasteiger partial charge on any atom is -0.384 e. The van der Waals surface area contributed by atoms with E-state index in [2.05, 4.69) is 19.1 Å². The van der Waals surface area contributed by atoms with Gasteiger partial charge in [-0.05, 0) is 31.1 Å². The predicted octanol–water partition coefficient (Wildman–Crippen LogP) is 2.71. The highest BCUT2D eigenvalue weighted by atomic mass is 32.2. The zero-order chi connectivity index (χ0) is 10.0. The van der Waals surface area contributed by atoms with Crippen molar-refractivity contribution in [2.75, 3.05) is 11.5 Å². The molecule has 0 aromatic heterocycles. The molecule has 1 fully saturated rings.